The number of anilines is 3. The second kappa shape index (κ2) is 17.8. The SMILES string of the molecule is C=C(CC(/N=C(\C)NCCCCNc1nc(N)nc(N)n1)NCCCCO)NCCCCO. The van der Waals surface area contributed by atoms with Gasteiger partial charge in [0.2, 0.25) is 17.8 Å². The van der Waals surface area contributed by atoms with Gasteiger partial charge in [0.15, 0.2) is 0 Å². The molecule has 1 rings (SSSR count). The van der Waals surface area contributed by atoms with Crippen LogP contribution in [0, 0.1) is 0 Å². The molecule has 188 valence electrons. The zero-order chi connectivity index (χ0) is 24.3. The van der Waals surface area contributed by atoms with Crippen LogP contribution in [-0.4, -0.2) is 76.6 Å². The van der Waals surface area contributed by atoms with Crippen LogP contribution in [0.15, 0.2) is 17.3 Å². The van der Waals surface area contributed by atoms with Crippen molar-refractivity contribution in [1.29, 1.82) is 0 Å². The monoisotopic (exact) mass is 466 g/mol. The van der Waals surface area contributed by atoms with Crippen molar-refractivity contribution < 1.29 is 10.2 Å². The number of rotatable bonds is 19. The molecule has 33 heavy (non-hydrogen) atoms. The summed E-state index contributed by atoms with van der Waals surface area (Å²) in [5.74, 6) is 1.43. The molecule has 0 aliphatic carbocycles. The standard InChI is InChI=1S/C21H42N10O2/c1-16(24-9-5-7-13-32)15-18(26-11-6-8-14-33)28-17(2)25-10-3-4-12-27-21-30-19(22)29-20(23)31-21/h18,24,26,32-33H,1,3-15H2,2H3,(H,25,28)(H5,22,23,27,29,30,31). The Labute approximate surface area is 196 Å². The Kier molecular flexibility index (Phi) is 15.3. The number of amidine groups is 1. The molecule has 12 heteroatoms. The lowest BCUT2D eigenvalue weighted by molar-refractivity contribution is 0.282. The van der Waals surface area contributed by atoms with Gasteiger partial charge in [-0.15, -0.1) is 0 Å². The summed E-state index contributed by atoms with van der Waals surface area (Å²) in [6, 6.07) is 0. The molecular formula is C21H42N10O2. The molecule has 0 aromatic carbocycles. The quantitative estimate of drug-likeness (QED) is 0.0788. The molecule has 0 radical (unpaired) electrons. The number of aliphatic imine (C=N–C) groups is 1. The lowest BCUT2D eigenvalue weighted by Crippen LogP contribution is -2.34. The van der Waals surface area contributed by atoms with E-state index in [1.54, 1.807) is 0 Å². The summed E-state index contributed by atoms with van der Waals surface area (Å²) >= 11 is 0. The molecule has 0 aliphatic heterocycles. The van der Waals surface area contributed by atoms with Crippen LogP contribution >= 0.6 is 0 Å². The molecule has 1 atom stereocenters. The van der Waals surface area contributed by atoms with E-state index in [4.69, 9.17) is 26.7 Å². The van der Waals surface area contributed by atoms with Crippen LogP contribution in [0.1, 0.15) is 51.9 Å². The van der Waals surface area contributed by atoms with Gasteiger partial charge in [-0.25, -0.2) is 0 Å². The minimum absolute atomic E-state index is 0.0982. The van der Waals surface area contributed by atoms with Crippen LogP contribution in [0.5, 0.6) is 0 Å². The van der Waals surface area contributed by atoms with E-state index in [2.05, 4.69) is 42.8 Å². The first kappa shape index (κ1) is 28.3. The zero-order valence-corrected chi connectivity index (χ0v) is 19.8. The van der Waals surface area contributed by atoms with Gasteiger partial charge in [0, 0.05) is 45.0 Å². The summed E-state index contributed by atoms with van der Waals surface area (Å²) in [4.78, 5) is 16.5. The lowest BCUT2D eigenvalue weighted by atomic mass is 10.2. The van der Waals surface area contributed by atoms with Gasteiger partial charge in [-0.2, -0.15) is 15.0 Å². The zero-order valence-electron chi connectivity index (χ0n) is 19.8. The molecular weight excluding hydrogens is 424 g/mol. The second-order valence-corrected chi connectivity index (χ2v) is 7.72. The molecule has 10 N–H and O–H groups in total. The number of hydrogen-bond acceptors (Lipinski definition) is 11. The summed E-state index contributed by atoms with van der Waals surface area (Å²) in [6.45, 7) is 9.49. The highest BCUT2D eigenvalue weighted by Gasteiger charge is 2.09. The minimum Gasteiger partial charge on any atom is -0.396 e. The van der Waals surface area contributed by atoms with E-state index in [1.165, 1.54) is 0 Å². The van der Waals surface area contributed by atoms with Gasteiger partial charge in [-0.05, 0) is 52.0 Å². The van der Waals surface area contributed by atoms with Crippen LogP contribution < -0.4 is 32.7 Å². The summed E-state index contributed by atoms with van der Waals surface area (Å²) in [5, 5.41) is 31.0. The number of aromatic nitrogens is 3. The normalized spacial score (nSPS) is 12.4. The van der Waals surface area contributed by atoms with Crippen LogP contribution in [0.2, 0.25) is 0 Å². The van der Waals surface area contributed by atoms with Crippen molar-refractivity contribution in [3.8, 4) is 0 Å². The largest absolute Gasteiger partial charge is 0.396 e. The molecule has 0 spiro atoms. The number of nitrogens with two attached hydrogens (primary N) is 2. The third-order valence-electron chi connectivity index (χ3n) is 4.65. The predicted molar refractivity (Wildman–Crippen MR) is 134 cm³/mol. The molecule has 0 aliphatic rings. The average molecular weight is 467 g/mol. The molecule has 0 saturated heterocycles. The molecule has 0 bridgehead atoms. The average Bonchev–Trinajstić information content (AvgIpc) is 2.76. The first-order valence-corrected chi connectivity index (χ1v) is 11.6. The Hall–Kier alpha value is -2.70. The fourth-order valence-electron chi connectivity index (χ4n) is 2.96. The van der Waals surface area contributed by atoms with Gasteiger partial charge >= 0.3 is 0 Å². The summed E-state index contributed by atoms with van der Waals surface area (Å²) in [5.41, 5.74) is 12.0. The Balaban J connectivity index is 2.37. The van der Waals surface area contributed by atoms with E-state index >= 15 is 0 Å². The highest BCUT2D eigenvalue weighted by molar-refractivity contribution is 5.79. The molecule has 12 nitrogen and oxygen atoms in total. The topological polar surface area (TPSA) is 192 Å². The molecule has 0 saturated carbocycles. The molecule has 1 unspecified atom stereocenters. The van der Waals surface area contributed by atoms with E-state index in [1.807, 2.05) is 6.92 Å². The fourth-order valence-corrected chi connectivity index (χ4v) is 2.96. The molecule has 1 aromatic heterocycles. The molecule has 0 fully saturated rings. The third-order valence-corrected chi connectivity index (χ3v) is 4.65. The number of nitrogens with zero attached hydrogens (tertiary/aromatic N) is 4. The van der Waals surface area contributed by atoms with Crippen molar-refractivity contribution in [2.45, 2.75) is 58.0 Å². The first-order chi connectivity index (χ1) is 15.9. The highest BCUT2D eigenvalue weighted by atomic mass is 16.3. The molecule has 1 aromatic rings. The van der Waals surface area contributed by atoms with Crippen molar-refractivity contribution in [3.63, 3.8) is 0 Å². The van der Waals surface area contributed by atoms with Gasteiger partial charge in [0.1, 0.15) is 6.17 Å². The minimum atomic E-state index is -0.101. The molecule has 1 heterocycles. The van der Waals surface area contributed by atoms with Crippen molar-refractivity contribution in [3.05, 3.63) is 12.3 Å². The maximum atomic E-state index is 8.98. The Bertz CT molecular complexity index is 681. The van der Waals surface area contributed by atoms with Gasteiger partial charge in [0.25, 0.3) is 0 Å². The number of hydrogen-bond donors (Lipinski definition) is 8. The Morgan fingerprint density at radius 1 is 0.879 bits per heavy atom. The Morgan fingerprint density at radius 3 is 2.12 bits per heavy atom. The maximum absolute atomic E-state index is 8.98. The number of nitrogen functional groups attached to an aromatic ring is 2. The predicted octanol–water partition coefficient (Wildman–Crippen LogP) is 0.190. The van der Waals surface area contributed by atoms with Gasteiger partial charge in [-0.3, -0.25) is 10.3 Å². The van der Waals surface area contributed by atoms with Crippen LogP contribution in [0.4, 0.5) is 17.8 Å². The lowest BCUT2D eigenvalue weighted by Gasteiger charge is -2.19. The van der Waals surface area contributed by atoms with E-state index in [9.17, 15) is 0 Å². The van der Waals surface area contributed by atoms with E-state index in [0.717, 1.165) is 69.7 Å². The van der Waals surface area contributed by atoms with Gasteiger partial charge in [0.05, 0.1) is 5.84 Å². The molecule has 0 amide bonds. The van der Waals surface area contributed by atoms with Crippen molar-refractivity contribution >= 4 is 23.7 Å². The third kappa shape index (κ3) is 14.9. The van der Waals surface area contributed by atoms with Gasteiger partial charge < -0.3 is 37.6 Å². The summed E-state index contributed by atoms with van der Waals surface area (Å²) < 4.78 is 0. The van der Waals surface area contributed by atoms with E-state index in [-0.39, 0.29) is 31.3 Å². The van der Waals surface area contributed by atoms with Crippen LogP contribution in [0.3, 0.4) is 0 Å². The second-order valence-electron chi connectivity index (χ2n) is 7.72. The van der Waals surface area contributed by atoms with Crippen molar-refractivity contribution in [2.24, 2.45) is 4.99 Å². The van der Waals surface area contributed by atoms with Gasteiger partial charge in [-0.1, -0.05) is 6.58 Å². The smallest absolute Gasteiger partial charge is 0.229 e. The fraction of sp³-hybridized carbons (Fsp3) is 0.714. The van der Waals surface area contributed by atoms with Crippen molar-refractivity contribution in [1.82, 2.24) is 30.9 Å². The number of aliphatic hydroxyl groups excluding tert-OH is 2. The highest BCUT2D eigenvalue weighted by Crippen LogP contribution is 2.05. The number of unbranched alkanes of at least 4 members (excludes halogenated alkanes) is 3. The Morgan fingerprint density at radius 2 is 1.45 bits per heavy atom. The first-order valence-electron chi connectivity index (χ1n) is 11.6. The summed E-state index contributed by atoms with van der Waals surface area (Å²) in [7, 11) is 0. The van der Waals surface area contributed by atoms with E-state index in [0.29, 0.717) is 18.9 Å². The summed E-state index contributed by atoms with van der Waals surface area (Å²) in [6.07, 6.45) is 5.73. The van der Waals surface area contributed by atoms with E-state index < -0.39 is 0 Å². The van der Waals surface area contributed by atoms with Crippen molar-refractivity contribution in [2.75, 3.05) is 56.2 Å². The number of aliphatic hydroxyl groups is 2. The van der Waals surface area contributed by atoms with Crippen LogP contribution in [0.25, 0.3) is 0 Å². The number of nitrogens with one attached hydrogen (secondary N) is 4. The maximum Gasteiger partial charge on any atom is 0.229 e. The van der Waals surface area contributed by atoms with Crippen LogP contribution in [-0.2, 0) is 0 Å².